The number of nitrogens with one attached hydrogen (secondary N) is 1. The minimum Gasteiger partial charge on any atom is -0.313 e. The van der Waals surface area contributed by atoms with Crippen LogP contribution in [-0.2, 0) is 6.54 Å². The van der Waals surface area contributed by atoms with Gasteiger partial charge in [-0.2, -0.15) is 5.26 Å². The highest BCUT2D eigenvalue weighted by Crippen LogP contribution is 2.22. The van der Waals surface area contributed by atoms with Gasteiger partial charge in [-0.1, -0.05) is 13.0 Å². The number of hydrogen-bond acceptors (Lipinski definition) is 3. The van der Waals surface area contributed by atoms with Gasteiger partial charge in [-0.05, 0) is 30.3 Å². The molecule has 1 aromatic carbocycles. The summed E-state index contributed by atoms with van der Waals surface area (Å²) < 4.78 is 13.6. The molecule has 0 bridgehead atoms. The van der Waals surface area contributed by atoms with Gasteiger partial charge >= 0.3 is 0 Å². The Labute approximate surface area is 111 Å². The van der Waals surface area contributed by atoms with Gasteiger partial charge in [-0.15, -0.1) is 0 Å². The Hall–Kier alpha value is -2.25. The van der Waals surface area contributed by atoms with Gasteiger partial charge in [-0.25, -0.2) is 4.39 Å². The third-order valence-corrected chi connectivity index (χ3v) is 2.81. The molecule has 0 aliphatic carbocycles. The van der Waals surface area contributed by atoms with Gasteiger partial charge in [0.25, 0.3) is 0 Å². The van der Waals surface area contributed by atoms with E-state index in [9.17, 15) is 4.39 Å². The van der Waals surface area contributed by atoms with Crippen LogP contribution in [0.1, 0.15) is 18.1 Å². The lowest BCUT2D eigenvalue weighted by Crippen LogP contribution is -2.12. The molecule has 0 aliphatic rings. The van der Waals surface area contributed by atoms with Crippen molar-refractivity contribution in [1.29, 1.82) is 5.26 Å². The summed E-state index contributed by atoms with van der Waals surface area (Å²) in [6.45, 7) is 3.25. The first kappa shape index (κ1) is 13.2. The molecule has 19 heavy (non-hydrogen) atoms. The SMILES string of the molecule is CCNCc1cc(-c2cncc(C#N)c2)ccc1F. The lowest BCUT2D eigenvalue weighted by atomic mass is 10.0. The van der Waals surface area contributed by atoms with E-state index in [-0.39, 0.29) is 5.82 Å². The van der Waals surface area contributed by atoms with Crippen molar-refractivity contribution in [1.82, 2.24) is 10.3 Å². The van der Waals surface area contributed by atoms with Gasteiger partial charge in [0.2, 0.25) is 0 Å². The molecule has 0 amide bonds. The zero-order chi connectivity index (χ0) is 13.7. The maximum atomic E-state index is 13.6. The fourth-order valence-electron chi connectivity index (χ4n) is 1.81. The summed E-state index contributed by atoms with van der Waals surface area (Å²) in [6.07, 6.45) is 3.18. The summed E-state index contributed by atoms with van der Waals surface area (Å²) in [4.78, 5) is 4.01. The number of hydrogen-bond donors (Lipinski definition) is 1. The highest BCUT2D eigenvalue weighted by Gasteiger charge is 2.06. The van der Waals surface area contributed by atoms with Gasteiger partial charge < -0.3 is 5.32 Å². The zero-order valence-corrected chi connectivity index (χ0v) is 10.7. The molecule has 0 fully saturated rings. The summed E-state index contributed by atoms with van der Waals surface area (Å²) in [7, 11) is 0. The predicted octanol–water partition coefficient (Wildman–Crippen LogP) is 2.87. The molecule has 1 heterocycles. The predicted molar refractivity (Wildman–Crippen MR) is 71.7 cm³/mol. The molecule has 4 heteroatoms. The van der Waals surface area contributed by atoms with Gasteiger partial charge in [0, 0.05) is 30.1 Å². The number of pyridine rings is 1. The highest BCUT2D eigenvalue weighted by atomic mass is 19.1. The Morgan fingerprint density at radius 3 is 2.84 bits per heavy atom. The van der Waals surface area contributed by atoms with Crippen molar-refractivity contribution < 1.29 is 4.39 Å². The molecule has 0 unspecified atom stereocenters. The first-order valence-corrected chi connectivity index (χ1v) is 6.09. The first-order valence-electron chi connectivity index (χ1n) is 6.09. The molecule has 0 saturated carbocycles. The average Bonchev–Trinajstić information content (AvgIpc) is 2.46. The van der Waals surface area contributed by atoms with E-state index >= 15 is 0 Å². The molecule has 1 N–H and O–H groups in total. The summed E-state index contributed by atoms with van der Waals surface area (Å²) in [5, 5.41) is 12.0. The van der Waals surface area contributed by atoms with Crippen molar-refractivity contribution in [2.45, 2.75) is 13.5 Å². The van der Waals surface area contributed by atoms with E-state index in [1.54, 1.807) is 24.4 Å². The van der Waals surface area contributed by atoms with Crippen LogP contribution < -0.4 is 5.32 Å². The summed E-state index contributed by atoms with van der Waals surface area (Å²) in [5.74, 6) is -0.228. The molecule has 0 radical (unpaired) electrons. The highest BCUT2D eigenvalue weighted by molar-refractivity contribution is 5.64. The molecule has 2 aromatic rings. The lowest BCUT2D eigenvalue weighted by Gasteiger charge is -2.07. The van der Waals surface area contributed by atoms with Crippen LogP contribution in [0.2, 0.25) is 0 Å². The molecule has 1 aromatic heterocycles. The Kier molecular flexibility index (Phi) is 4.22. The van der Waals surface area contributed by atoms with E-state index in [4.69, 9.17) is 5.26 Å². The smallest absolute Gasteiger partial charge is 0.127 e. The normalized spacial score (nSPS) is 10.2. The van der Waals surface area contributed by atoms with E-state index in [0.717, 1.165) is 17.7 Å². The van der Waals surface area contributed by atoms with Gasteiger partial charge in [0.05, 0.1) is 5.56 Å². The van der Waals surface area contributed by atoms with Crippen molar-refractivity contribution in [3.05, 3.63) is 53.6 Å². The van der Waals surface area contributed by atoms with Crippen molar-refractivity contribution >= 4 is 0 Å². The lowest BCUT2D eigenvalue weighted by molar-refractivity contribution is 0.593. The van der Waals surface area contributed by atoms with E-state index in [2.05, 4.69) is 10.3 Å². The second kappa shape index (κ2) is 6.07. The zero-order valence-electron chi connectivity index (χ0n) is 10.7. The number of halogens is 1. The molecule has 0 atom stereocenters. The standard InChI is InChI=1S/C15H14FN3/c1-2-18-10-14-6-12(3-4-15(14)16)13-5-11(7-17)8-19-9-13/h3-6,8-9,18H,2,10H2,1H3. The van der Waals surface area contributed by atoms with E-state index in [1.165, 1.54) is 12.3 Å². The Morgan fingerprint density at radius 1 is 1.26 bits per heavy atom. The van der Waals surface area contributed by atoms with Crippen LogP contribution in [-0.4, -0.2) is 11.5 Å². The van der Waals surface area contributed by atoms with Crippen molar-refractivity contribution in [2.24, 2.45) is 0 Å². The summed E-state index contributed by atoms with van der Waals surface area (Å²) in [5.41, 5.74) is 2.78. The quantitative estimate of drug-likeness (QED) is 0.913. The van der Waals surface area contributed by atoms with Crippen molar-refractivity contribution in [3.8, 4) is 17.2 Å². The topological polar surface area (TPSA) is 48.7 Å². The maximum Gasteiger partial charge on any atom is 0.127 e. The Balaban J connectivity index is 2.37. The average molecular weight is 255 g/mol. The van der Waals surface area contributed by atoms with Crippen LogP contribution in [0.5, 0.6) is 0 Å². The largest absolute Gasteiger partial charge is 0.313 e. The van der Waals surface area contributed by atoms with Gasteiger partial charge in [-0.3, -0.25) is 4.98 Å². The van der Waals surface area contributed by atoms with Crippen LogP contribution in [0.15, 0.2) is 36.7 Å². The Morgan fingerprint density at radius 2 is 2.11 bits per heavy atom. The third-order valence-electron chi connectivity index (χ3n) is 2.81. The third kappa shape index (κ3) is 3.15. The number of aromatic nitrogens is 1. The first-order chi connectivity index (χ1) is 9.24. The Bertz CT molecular complexity index is 617. The molecule has 0 aliphatic heterocycles. The number of nitriles is 1. The molecule has 2 rings (SSSR count). The minimum atomic E-state index is -0.228. The van der Waals surface area contributed by atoms with Crippen LogP contribution in [0.3, 0.4) is 0 Å². The number of benzene rings is 1. The second-order valence-corrected chi connectivity index (χ2v) is 4.16. The van der Waals surface area contributed by atoms with Crippen molar-refractivity contribution in [3.63, 3.8) is 0 Å². The van der Waals surface area contributed by atoms with Crippen LogP contribution >= 0.6 is 0 Å². The van der Waals surface area contributed by atoms with E-state index in [1.807, 2.05) is 13.0 Å². The fourth-order valence-corrected chi connectivity index (χ4v) is 1.81. The molecular formula is C15H14FN3. The molecular weight excluding hydrogens is 241 g/mol. The summed E-state index contributed by atoms with van der Waals surface area (Å²) in [6, 6.07) is 8.73. The van der Waals surface area contributed by atoms with Gasteiger partial charge in [0.1, 0.15) is 11.9 Å². The number of nitrogens with zero attached hydrogens (tertiary/aromatic N) is 2. The molecule has 3 nitrogen and oxygen atoms in total. The fraction of sp³-hybridized carbons (Fsp3) is 0.200. The summed E-state index contributed by atoms with van der Waals surface area (Å²) >= 11 is 0. The maximum absolute atomic E-state index is 13.6. The number of rotatable bonds is 4. The minimum absolute atomic E-state index is 0.228. The van der Waals surface area contributed by atoms with Crippen molar-refractivity contribution in [2.75, 3.05) is 6.54 Å². The van der Waals surface area contributed by atoms with Gasteiger partial charge in [0.15, 0.2) is 0 Å². The van der Waals surface area contributed by atoms with Crippen LogP contribution in [0, 0.1) is 17.1 Å². The van der Waals surface area contributed by atoms with E-state index < -0.39 is 0 Å². The monoisotopic (exact) mass is 255 g/mol. The molecule has 0 spiro atoms. The van der Waals surface area contributed by atoms with E-state index in [0.29, 0.717) is 17.7 Å². The second-order valence-electron chi connectivity index (χ2n) is 4.16. The van der Waals surface area contributed by atoms with Crippen LogP contribution in [0.25, 0.3) is 11.1 Å². The van der Waals surface area contributed by atoms with Crippen LogP contribution in [0.4, 0.5) is 4.39 Å². The molecule has 0 saturated heterocycles. The molecule has 96 valence electrons.